The number of rotatable bonds is 5. The molecule has 142 valence electrons. The monoisotopic (exact) mass is 409 g/mol. The minimum atomic E-state index is -0.622. The molecule has 0 unspecified atom stereocenters. The highest BCUT2D eigenvalue weighted by Gasteiger charge is 2.39. The van der Waals surface area contributed by atoms with Gasteiger partial charge in [0.25, 0.3) is 0 Å². The van der Waals surface area contributed by atoms with E-state index in [1.54, 1.807) is 0 Å². The molecule has 0 aliphatic carbocycles. The summed E-state index contributed by atoms with van der Waals surface area (Å²) in [5.41, 5.74) is 0.940. The fraction of sp³-hybridized carbons (Fsp3) is 0.238. The van der Waals surface area contributed by atoms with Gasteiger partial charge in [-0.25, -0.2) is 0 Å². The number of aryl methyl sites for hydroxylation is 1. The summed E-state index contributed by atoms with van der Waals surface area (Å²) in [7, 11) is 0. The zero-order valence-electron chi connectivity index (χ0n) is 15.6. The lowest BCUT2D eigenvalue weighted by molar-refractivity contribution is -0.114. The number of ketones is 1. The first-order valence-electron chi connectivity index (χ1n) is 9.11. The number of carbonyl (C=O) groups excluding carboxylic acids is 1. The van der Waals surface area contributed by atoms with Gasteiger partial charge in [0.05, 0.1) is 16.6 Å². The Hall–Kier alpha value is -2.51. The summed E-state index contributed by atoms with van der Waals surface area (Å²) in [6.45, 7) is 4.56. The number of hydrogen-bond acceptors (Lipinski definition) is 7. The molecule has 1 aliphatic heterocycles. The summed E-state index contributed by atoms with van der Waals surface area (Å²) in [6, 6.07) is 11.9. The Labute approximate surface area is 171 Å². The maximum Gasteiger partial charge on any atom is 0.186 e. The molecule has 1 N–H and O–H groups in total. The Morgan fingerprint density at radius 1 is 1.14 bits per heavy atom. The standard InChI is InChI=1S/C21H19N3O2S2/c1-3-17-23-24-21(28-17)18-19(25)16(27-20(18)22)11-12-9-10-15(26-4-2)14-8-6-5-7-13(12)14/h5-11,18,22H,3-4H2,1-2H3/b16-11-,22-20?/t18-/m0/s1. The van der Waals surface area contributed by atoms with Gasteiger partial charge in [0.1, 0.15) is 21.7 Å². The molecule has 0 radical (unpaired) electrons. The predicted molar refractivity (Wildman–Crippen MR) is 115 cm³/mol. The maximum absolute atomic E-state index is 13.0. The highest BCUT2D eigenvalue weighted by atomic mass is 32.2. The van der Waals surface area contributed by atoms with Crippen molar-refractivity contribution in [2.45, 2.75) is 26.2 Å². The molecule has 0 bridgehead atoms. The van der Waals surface area contributed by atoms with Gasteiger partial charge in [-0.1, -0.05) is 49.0 Å². The van der Waals surface area contributed by atoms with Crippen molar-refractivity contribution in [1.82, 2.24) is 10.2 Å². The number of allylic oxidation sites excluding steroid dienone is 1. The van der Waals surface area contributed by atoms with E-state index in [0.717, 1.165) is 33.5 Å². The smallest absolute Gasteiger partial charge is 0.186 e. The lowest BCUT2D eigenvalue weighted by atomic mass is 10.0. The van der Waals surface area contributed by atoms with Crippen molar-refractivity contribution in [2.75, 3.05) is 6.61 Å². The fourth-order valence-electron chi connectivity index (χ4n) is 3.18. The molecule has 1 aromatic heterocycles. The predicted octanol–water partition coefficient (Wildman–Crippen LogP) is 5.07. The largest absolute Gasteiger partial charge is 0.493 e. The normalized spacial score (nSPS) is 18.4. The van der Waals surface area contributed by atoms with Crippen molar-refractivity contribution >= 4 is 50.8 Å². The number of hydrogen-bond donors (Lipinski definition) is 1. The summed E-state index contributed by atoms with van der Waals surface area (Å²) >= 11 is 2.63. The molecule has 1 saturated heterocycles. The highest BCUT2D eigenvalue weighted by molar-refractivity contribution is 8.19. The van der Waals surface area contributed by atoms with Crippen LogP contribution < -0.4 is 4.74 Å². The summed E-state index contributed by atoms with van der Waals surface area (Å²) < 4.78 is 5.73. The van der Waals surface area contributed by atoms with Crippen molar-refractivity contribution in [3.8, 4) is 5.75 Å². The topological polar surface area (TPSA) is 75.9 Å². The molecule has 4 rings (SSSR count). The maximum atomic E-state index is 13.0. The van der Waals surface area contributed by atoms with Crippen LogP contribution in [0.4, 0.5) is 0 Å². The number of ether oxygens (including phenoxy) is 1. The van der Waals surface area contributed by atoms with Crippen molar-refractivity contribution in [2.24, 2.45) is 0 Å². The Kier molecular flexibility index (Phi) is 5.28. The van der Waals surface area contributed by atoms with Crippen molar-refractivity contribution in [3.63, 3.8) is 0 Å². The number of thioether (sulfide) groups is 1. The van der Waals surface area contributed by atoms with Gasteiger partial charge in [0.15, 0.2) is 5.78 Å². The average Bonchev–Trinajstić information content (AvgIpc) is 3.28. The molecule has 1 atom stereocenters. The zero-order valence-corrected chi connectivity index (χ0v) is 17.2. The van der Waals surface area contributed by atoms with Crippen LogP contribution in [0.15, 0.2) is 41.3 Å². The van der Waals surface area contributed by atoms with Crippen molar-refractivity contribution < 1.29 is 9.53 Å². The molecule has 0 spiro atoms. The van der Waals surface area contributed by atoms with Gasteiger partial charge in [-0.05, 0) is 36.4 Å². The first-order valence-corrected chi connectivity index (χ1v) is 10.7. The number of nitrogens with zero attached hydrogens (tertiary/aromatic N) is 2. The summed E-state index contributed by atoms with van der Waals surface area (Å²) in [5, 5.41) is 20.4. The van der Waals surface area contributed by atoms with E-state index in [2.05, 4.69) is 10.2 Å². The van der Waals surface area contributed by atoms with Crippen LogP contribution in [0, 0.1) is 5.41 Å². The van der Waals surface area contributed by atoms with Gasteiger partial charge in [0.2, 0.25) is 0 Å². The molecular weight excluding hydrogens is 390 g/mol. The SMILES string of the molecule is CCOc1ccc(/C=C2\SC(=N)[C@@H](c3nnc(CC)s3)C2=O)c2ccccc12. The molecule has 7 heteroatoms. The van der Waals surface area contributed by atoms with Crippen LogP contribution in [0.5, 0.6) is 5.75 Å². The van der Waals surface area contributed by atoms with Crippen LogP contribution in [0.25, 0.3) is 16.8 Å². The molecule has 2 aromatic carbocycles. The van der Waals surface area contributed by atoms with Gasteiger partial charge in [-0.3, -0.25) is 10.2 Å². The lowest BCUT2D eigenvalue weighted by Crippen LogP contribution is -2.11. The quantitative estimate of drug-likeness (QED) is 0.595. The number of Topliss-reactive ketones (excluding diaryl/α,β-unsaturated/α-hetero) is 1. The Morgan fingerprint density at radius 2 is 1.93 bits per heavy atom. The molecule has 28 heavy (non-hydrogen) atoms. The van der Waals surface area contributed by atoms with E-state index in [-0.39, 0.29) is 5.78 Å². The van der Waals surface area contributed by atoms with E-state index in [1.807, 2.05) is 56.3 Å². The van der Waals surface area contributed by atoms with Crippen LogP contribution >= 0.6 is 23.1 Å². The third-order valence-electron chi connectivity index (χ3n) is 4.52. The zero-order chi connectivity index (χ0) is 19.7. The second-order valence-corrected chi connectivity index (χ2v) is 8.47. The Balaban J connectivity index is 1.73. The molecule has 3 aromatic rings. The van der Waals surface area contributed by atoms with E-state index in [4.69, 9.17) is 10.1 Å². The number of nitrogens with one attached hydrogen (secondary N) is 1. The van der Waals surface area contributed by atoms with E-state index in [0.29, 0.717) is 21.6 Å². The van der Waals surface area contributed by atoms with Crippen LogP contribution in [0.1, 0.15) is 35.3 Å². The molecule has 0 saturated carbocycles. The van der Waals surface area contributed by atoms with Gasteiger partial charge in [-0.2, -0.15) is 0 Å². The van der Waals surface area contributed by atoms with Gasteiger partial charge in [0, 0.05) is 5.39 Å². The number of aromatic nitrogens is 2. The molecule has 5 nitrogen and oxygen atoms in total. The average molecular weight is 410 g/mol. The third kappa shape index (κ3) is 3.36. The number of fused-ring (bicyclic) bond motifs is 1. The molecular formula is C21H19N3O2S2. The molecule has 1 aliphatic rings. The van der Waals surface area contributed by atoms with Crippen molar-refractivity contribution in [1.29, 1.82) is 5.41 Å². The number of benzene rings is 2. The number of carbonyl (C=O) groups is 1. The Morgan fingerprint density at radius 3 is 2.64 bits per heavy atom. The van der Waals surface area contributed by atoms with Crippen LogP contribution in [-0.2, 0) is 11.2 Å². The van der Waals surface area contributed by atoms with E-state index >= 15 is 0 Å². The second-order valence-electron chi connectivity index (χ2n) is 6.29. The van der Waals surface area contributed by atoms with Crippen molar-refractivity contribution in [3.05, 3.63) is 56.9 Å². The lowest BCUT2D eigenvalue weighted by Gasteiger charge is -2.10. The van der Waals surface area contributed by atoms with Gasteiger partial charge < -0.3 is 4.74 Å². The van der Waals surface area contributed by atoms with Gasteiger partial charge >= 0.3 is 0 Å². The highest BCUT2D eigenvalue weighted by Crippen LogP contribution is 2.42. The van der Waals surface area contributed by atoms with E-state index in [9.17, 15) is 4.79 Å². The first kappa shape index (κ1) is 18.8. The van der Waals surface area contributed by atoms with Crippen LogP contribution in [0.2, 0.25) is 0 Å². The van der Waals surface area contributed by atoms with Gasteiger partial charge in [-0.15, -0.1) is 21.5 Å². The second kappa shape index (κ2) is 7.85. The van der Waals surface area contributed by atoms with Crippen LogP contribution in [0.3, 0.4) is 0 Å². The minimum Gasteiger partial charge on any atom is -0.493 e. The summed E-state index contributed by atoms with van der Waals surface area (Å²) in [4.78, 5) is 13.6. The molecule has 2 heterocycles. The molecule has 1 fully saturated rings. The Bertz CT molecular complexity index is 1100. The minimum absolute atomic E-state index is 0.0771. The van der Waals surface area contributed by atoms with E-state index in [1.165, 1.54) is 23.1 Å². The third-order valence-corrected chi connectivity index (χ3v) is 6.65. The fourth-order valence-corrected chi connectivity index (χ4v) is 5.13. The van der Waals surface area contributed by atoms with E-state index < -0.39 is 5.92 Å². The van der Waals surface area contributed by atoms with Crippen LogP contribution in [-0.4, -0.2) is 27.6 Å². The summed E-state index contributed by atoms with van der Waals surface area (Å²) in [5.74, 6) is 0.131. The first-order chi connectivity index (χ1) is 13.6. The summed E-state index contributed by atoms with van der Waals surface area (Å²) in [6.07, 6.45) is 2.65. The molecule has 0 amide bonds.